The van der Waals surface area contributed by atoms with E-state index in [4.69, 9.17) is 9.52 Å². The normalized spacial score (nSPS) is 10.6. The first kappa shape index (κ1) is 20.4. The fraction of sp³-hybridized carbons (Fsp3) is 0.0476. The summed E-state index contributed by atoms with van der Waals surface area (Å²) in [5, 5.41) is 17.4. The summed E-state index contributed by atoms with van der Waals surface area (Å²) in [5.41, 5.74) is 2.95. The fourth-order valence-corrected chi connectivity index (χ4v) is 3.57. The number of hydrogen-bond donors (Lipinski definition) is 4. The van der Waals surface area contributed by atoms with E-state index in [1.54, 1.807) is 43.3 Å². The van der Waals surface area contributed by atoms with E-state index in [-0.39, 0.29) is 17.6 Å². The number of amides is 3. The molecule has 9 nitrogen and oxygen atoms in total. The lowest BCUT2D eigenvalue weighted by molar-refractivity contribution is 0.209. The number of urea groups is 1. The van der Waals surface area contributed by atoms with Crippen molar-refractivity contribution in [2.45, 2.75) is 6.92 Å². The van der Waals surface area contributed by atoms with E-state index in [0.29, 0.717) is 28.1 Å². The lowest BCUT2D eigenvalue weighted by atomic mass is 10.0. The molecule has 0 aliphatic rings. The molecule has 31 heavy (non-hydrogen) atoms. The number of carboxylic acid groups (broad SMARTS) is 1. The van der Waals surface area contributed by atoms with E-state index in [2.05, 4.69) is 41.8 Å². The van der Waals surface area contributed by atoms with Crippen LogP contribution in [-0.2, 0) is 0 Å². The highest BCUT2D eigenvalue weighted by Gasteiger charge is 2.19. The second-order valence-electron chi connectivity index (χ2n) is 6.53. The van der Waals surface area contributed by atoms with Crippen LogP contribution in [0.3, 0.4) is 0 Å². The zero-order chi connectivity index (χ0) is 22.0. The third kappa shape index (κ3) is 4.48. The molecule has 0 aliphatic carbocycles. The van der Waals surface area contributed by atoms with E-state index in [1.165, 1.54) is 6.33 Å². The standard InChI is InChI=1S/C21H16BrN5O4/c1-11-16(17-18(27-21(29)30)23-10-24-19(17)31-11)12-5-7-14(8-6-12)25-20(28)26-15-4-2-3-13(22)9-15/h2-10H,1H3,(H,29,30)(H,23,24,27)(H2,25,26,28). The molecule has 0 spiro atoms. The maximum Gasteiger partial charge on any atom is 0.410 e. The number of furan rings is 1. The Morgan fingerprint density at radius 2 is 1.74 bits per heavy atom. The smallest absolute Gasteiger partial charge is 0.410 e. The number of carbonyl (C=O) groups is 2. The van der Waals surface area contributed by atoms with E-state index < -0.39 is 6.09 Å². The molecule has 0 radical (unpaired) electrons. The van der Waals surface area contributed by atoms with Crippen molar-refractivity contribution in [2.24, 2.45) is 0 Å². The molecule has 10 heteroatoms. The monoisotopic (exact) mass is 481 g/mol. The molecule has 0 fully saturated rings. The zero-order valence-electron chi connectivity index (χ0n) is 16.1. The lowest BCUT2D eigenvalue weighted by Gasteiger charge is -2.09. The summed E-state index contributed by atoms with van der Waals surface area (Å²) in [6.45, 7) is 1.76. The minimum Gasteiger partial charge on any atom is -0.465 e. The second kappa shape index (κ2) is 8.44. The largest absolute Gasteiger partial charge is 0.465 e. The Labute approximate surface area is 184 Å². The highest BCUT2D eigenvalue weighted by atomic mass is 79.9. The summed E-state index contributed by atoms with van der Waals surface area (Å²) in [6, 6.07) is 14.0. The van der Waals surface area contributed by atoms with Crippen molar-refractivity contribution in [1.82, 2.24) is 9.97 Å². The maximum absolute atomic E-state index is 12.3. The van der Waals surface area contributed by atoms with Crippen molar-refractivity contribution in [1.29, 1.82) is 0 Å². The Morgan fingerprint density at radius 1 is 1.00 bits per heavy atom. The van der Waals surface area contributed by atoms with Gasteiger partial charge in [0, 0.05) is 21.4 Å². The number of benzene rings is 2. The number of hydrogen-bond acceptors (Lipinski definition) is 5. The van der Waals surface area contributed by atoms with E-state index >= 15 is 0 Å². The number of anilines is 3. The molecule has 2 aromatic heterocycles. The highest BCUT2D eigenvalue weighted by Crippen LogP contribution is 2.37. The third-order valence-electron chi connectivity index (χ3n) is 4.40. The first-order chi connectivity index (χ1) is 14.9. The summed E-state index contributed by atoms with van der Waals surface area (Å²) < 4.78 is 6.54. The molecule has 4 rings (SSSR count). The van der Waals surface area contributed by atoms with Crippen LogP contribution in [0.25, 0.3) is 22.2 Å². The Hall–Kier alpha value is -3.92. The predicted molar refractivity (Wildman–Crippen MR) is 120 cm³/mol. The maximum atomic E-state index is 12.3. The number of nitrogens with zero attached hydrogens (tertiary/aromatic N) is 2. The van der Waals surface area contributed by atoms with Gasteiger partial charge in [0.25, 0.3) is 0 Å². The van der Waals surface area contributed by atoms with Crippen LogP contribution in [0.4, 0.5) is 26.8 Å². The molecule has 0 saturated carbocycles. The molecule has 3 amide bonds. The van der Waals surface area contributed by atoms with Gasteiger partial charge in [0.2, 0.25) is 5.71 Å². The van der Waals surface area contributed by atoms with E-state index in [0.717, 1.165) is 10.0 Å². The summed E-state index contributed by atoms with van der Waals surface area (Å²) in [7, 11) is 0. The van der Waals surface area contributed by atoms with Gasteiger partial charge in [0.15, 0.2) is 5.82 Å². The Morgan fingerprint density at radius 3 is 2.45 bits per heavy atom. The van der Waals surface area contributed by atoms with Crippen LogP contribution >= 0.6 is 15.9 Å². The molecule has 4 N–H and O–H groups in total. The van der Waals surface area contributed by atoms with Crippen LogP contribution in [0, 0.1) is 6.92 Å². The lowest BCUT2D eigenvalue weighted by Crippen LogP contribution is -2.19. The van der Waals surface area contributed by atoms with Gasteiger partial charge in [-0.25, -0.2) is 19.6 Å². The number of fused-ring (bicyclic) bond motifs is 1. The molecule has 0 atom stereocenters. The van der Waals surface area contributed by atoms with Crippen LogP contribution in [0.1, 0.15) is 5.76 Å². The molecule has 2 heterocycles. The van der Waals surface area contributed by atoms with Crippen LogP contribution in [0.15, 0.2) is 63.7 Å². The van der Waals surface area contributed by atoms with Gasteiger partial charge < -0.3 is 20.2 Å². The van der Waals surface area contributed by atoms with Gasteiger partial charge in [-0.15, -0.1) is 0 Å². The van der Waals surface area contributed by atoms with Crippen molar-refractivity contribution < 1.29 is 19.1 Å². The average Bonchev–Trinajstić information content (AvgIpc) is 3.05. The topological polar surface area (TPSA) is 129 Å². The Bertz CT molecular complexity index is 1290. The van der Waals surface area contributed by atoms with Gasteiger partial charge in [0.1, 0.15) is 12.1 Å². The molecule has 4 aromatic rings. The molecule has 156 valence electrons. The molecule has 0 aliphatic heterocycles. The number of halogens is 1. The zero-order valence-corrected chi connectivity index (χ0v) is 17.7. The molecule has 0 unspecified atom stereocenters. The van der Waals surface area contributed by atoms with Gasteiger partial charge in [-0.2, -0.15) is 0 Å². The molecular formula is C21H16BrN5O4. The molecule has 0 bridgehead atoms. The molecular weight excluding hydrogens is 466 g/mol. The van der Waals surface area contributed by atoms with Crippen LogP contribution in [0.2, 0.25) is 0 Å². The number of rotatable bonds is 4. The first-order valence-corrected chi connectivity index (χ1v) is 9.88. The summed E-state index contributed by atoms with van der Waals surface area (Å²) >= 11 is 3.36. The SMILES string of the molecule is Cc1oc2ncnc(NC(=O)O)c2c1-c1ccc(NC(=O)Nc2cccc(Br)c2)cc1. The summed E-state index contributed by atoms with van der Waals surface area (Å²) in [6.07, 6.45) is -0.00200. The number of nitrogens with one attached hydrogen (secondary N) is 3. The van der Waals surface area contributed by atoms with Gasteiger partial charge in [0.05, 0.1) is 5.39 Å². The van der Waals surface area contributed by atoms with Gasteiger partial charge in [-0.3, -0.25) is 5.32 Å². The summed E-state index contributed by atoms with van der Waals surface area (Å²) in [5.74, 6) is 0.706. The van der Waals surface area contributed by atoms with Crippen LogP contribution in [-0.4, -0.2) is 27.2 Å². The number of aromatic nitrogens is 2. The van der Waals surface area contributed by atoms with Crippen molar-refractivity contribution in [2.75, 3.05) is 16.0 Å². The Kier molecular flexibility index (Phi) is 5.54. The van der Waals surface area contributed by atoms with Gasteiger partial charge >= 0.3 is 12.1 Å². The molecule has 2 aromatic carbocycles. The highest BCUT2D eigenvalue weighted by molar-refractivity contribution is 9.10. The minimum absolute atomic E-state index is 0.139. The minimum atomic E-state index is -1.24. The number of aryl methyl sites for hydroxylation is 1. The molecule has 0 saturated heterocycles. The van der Waals surface area contributed by atoms with Crippen molar-refractivity contribution in [3.8, 4) is 11.1 Å². The Balaban J connectivity index is 1.58. The average molecular weight is 482 g/mol. The first-order valence-electron chi connectivity index (χ1n) is 9.09. The van der Waals surface area contributed by atoms with Crippen molar-refractivity contribution in [3.63, 3.8) is 0 Å². The second-order valence-corrected chi connectivity index (χ2v) is 7.45. The predicted octanol–water partition coefficient (Wildman–Crippen LogP) is 5.69. The van der Waals surface area contributed by atoms with E-state index in [1.807, 2.05) is 12.1 Å². The van der Waals surface area contributed by atoms with Crippen LogP contribution in [0.5, 0.6) is 0 Å². The van der Waals surface area contributed by atoms with Crippen molar-refractivity contribution >= 4 is 56.3 Å². The fourth-order valence-electron chi connectivity index (χ4n) is 3.17. The van der Waals surface area contributed by atoms with Crippen LogP contribution < -0.4 is 16.0 Å². The van der Waals surface area contributed by atoms with Crippen molar-refractivity contribution in [3.05, 3.63) is 65.1 Å². The number of carbonyl (C=O) groups excluding carboxylic acids is 1. The van der Waals surface area contributed by atoms with Gasteiger partial charge in [-0.1, -0.05) is 34.1 Å². The van der Waals surface area contributed by atoms with E-state index in [9.17, 15) is 9.59 Å². The quantitative estimate of drug-likeness (QED) is 0.296. The summed E-state index contributed by atoms with van der Waals surface area (Å²) in [4.78, 5) is 31.5. The third-order valence-corrected chi connectivity index (χ3v) is 4.90. The van der Waals surface area contributed by atoms with Gasteiger partial charge in [-0.05, 0) is 42.8 Å².